The molecule has 0 aromatic heterocycles. The van der Waals surface area contributed by atoms with Gasteiger partial charge in [-0.1, -0.05) is 49.4 Å². The van der Waals surface area contributed by atoms with E-state index in [1.54, 1.807) is 7.11 Å². The van der Waals surface area contributed by atoms with Gasteiger partial charge < -0.3 is 15.4 Å². The highest BCUT2D eigenvalue weighted by Gasteiger charge is 2.35. The van der Waals surface area contributed by atoms with E-state index in [1.807, 2.05) is 36.2 Å². The van der Waals surface area contributed by atoms with Crippen LogP contribution in [0.4, 0.5) is 0 Å². The molecule has 1 aliphatic heterocycles. The number of carbonyl (C=O) groups excluding carboxylic acids is 1. The van der Waals surface area contributed by atoms with Crippen molar-refractivity contribution < 1.29 is 9.53 Å². The molecule has 28 heavy (non-hydrogen) atoms. The fraction of sp³-hybridized carbons (Fsp3) is 0.435. The van der Waals surface area contributed by atoms with Crippen LogP contribution >= 0.6 is 0 Å². The molecule has 1 aliphatic rings. The molecule has 0 unspecified atom stereocenters. The molecular formula is C23H31N3O2. The number of nitrogens with two attached hydrogens (primary N) is 1. The van der Waals surface area contributed by atoms with Gasteiger partial charge in [0.1, 0.15) is 5.75 Å². The third-order valence-electron chi connectivity index (χ3n) is 5.54. The van der Waals surface area contributed by atoms with Gasteiger partial charge in [-0.2, -0.15) is 0 Å². The molecule has 5 heteroatoms. The predicted octanol–water partition coefficient (Wildman–Crippen LogP) is 2.82. The van der Waals surface area contributed by atoms with Crippen LogP contribution in [-0.2, 0) is 24.3 Å². The third-order valence-corrected chi connectivity index (χ3v) is 5.54. The van der Waals surface area contributed by atoms with E-state index in [0.717, 1.165) is 29.8 Å². The van der Waals surface area contributed by atoms with E-state index in [2.05, 4.69) is 36.1 Å². The first kappa shape index (κ1) is 20.4. The molecule has 1 amide bonds. The highest BCUT2D eigenvalue weighted by molar-refractivity contribution is 5.82. The van der Waals surface area contributed by atoms with Crippen LogP contribution in [0.1, 0.15) is 30.0 Å². The molecule has 2 aromatic carbocycles. The van der Waals surface area contributed by atoms with Crippen LogP contribution in [0.3, 0.4) is 0 Å². The van der Waals surface area contributed by atoms with Crippen molar-refractivity contribution in [2.75, 3.05) is 20.7 Å². The highest BCUT2D eigenvalue weighted by atomic mass is 16.5. The molecular weight excluding hydrogens is 350 g/mol. The molecule has 0 aliphatic carbocycles. The Hall–Kier alpha value is -2.37. The molecule has 1 heterocycles. The number of para-hydroxylation sites is 1. The van der Waals surface area contributed by atoms with E-state index < -0.39 is 0 Å². The smallest absolute Gasteiger partial charge is 0.240 e. The summed E-state index contributed by atoms with van der Waals surface area (Å²) >= 11 is 0. The number of nitrogens with zero attached hydrogens (tertiary/aromatic N) is 2. The summed E-state index contributed by atoms with van der Waals surface area (Å²) in [5.74, 6) is 0.930. The lowest BCUT2D eigenvalue weighted by molar-refractivity contribution is -0.136. The third kappa shape index (κ3) is 4.72. The quantitative estimate of drug-likeness (QED) is 0.801. The maximum atomic E-state index is 13.4. The van der Waals surface area contributed by atoms with E-state index in [1.165, 1.54) is 5.56 Å². The van der Waals surface area contributed by atoms with Crippen LogP contribution < -0.4 is 10.5 Å². The molecule has 0 spiro atoms. The lowest BCUT2D eigenvalue weighted by atomic mass is 10.1. The van der Waals surface area contributed by atoms with Crippen molar-refractivity contribution in [1.82, 2.24) is 9.80 Å². The lowest BCUT2D eigenvalue weighted by Crippen LogP contribution is -2.43. The zero-order valence-electron chi connectivity index (χ0n) is 17.1. The van der Waals surface area contributed by atoms with Gasteiger partial charge in [-0.3, -0.25) is 9.69 Å². The molecule has 0 bridgehead atoms. The maximum Gasteiger partial charge on any atom is 0.240 e. The Bertz CT molecular complexity index is 791. The number of hydrogen-bond donors (Lipinski definition) is 1. The Balaban J connectivity index is 1.85. The second-order valence-electron chi connectivity index (χ2n) is 7.63. The van der Waals surface area contributed by atoms with Gasteiger partial charge in [-0.05, 0) is 37.1 Å². The highest BCUT2D eigenvalue weighted by Crippen LogP contribution is 2.24. The summed E-state index contributed by atoms with van der Waals surface area (Å²) < 4.78 is 5.50. The van der Waals surface area contributed by atoms with Gasteiger partial charge in [-0.15, -0.1) is 0 Å². The second kappa shape index (κ2) is 9.22. The average molecular weight is 382 g/mol. The molecule has 0 saturated carbocycles. The van der Waals surface area contributed by atoms with Gasteiger partial charge >= 0.3 is 0 Å². The van der Waals surface area contributed by atoms with Crippen molar-refractivity contribution in [3.8, 4) is 5.75 Å². The van der Waals surface area contributed by atoms with Crippen molar-refractivity contribution in [3.05, 3.63) is 65.2 Å². The number of rotatable bonds is 7. The molecule has 3 rings (SSSR count). The van der Waals surface area contributed by atoms with Crippen molar-refractivity contribution in [1.29, 1.82) is 0 Å². The molecule has 150 valence electrons. The zero-order chi connectivity index (χ0) is 20.1. The Labute approximate surface area is 168 Å². The number of methoxy groups -OCH3 is 1. The molecule has 2 atom stereocenters. The fourth-order valence-corrected chi connectivity index (χ4v) is 3.89. The number of aryl methyl sites for hydroxylation is 1. The van der Waals surface area contributed by atoms with Crippen LogP contribution in [0.2, 0.25) is 0 Å². The second-order valence-corrected chi connectivity index (χ2v) is 7.63. The Morgan fingerprint density at radius 2 is 1.82 bits per heavy atom. The lowest BCUT2D eigenvalue weighted by Gasteiger charge is -2.29. The monoisotopic (exact) mass is 381 g/mol. The largest absolute Gasteiger partial charge is 0.496 e. The van der Waals surface area contributed by atoms with Crippen LogP contribution in [-0.4, -0.2) is 48.5 Å². The minimum absolute atomic E-state index is 0.0518. The number of amides is 1. The minimum atomic E-state index is -0.167. The number of benzene rings is 2. The molecule has 0 radical (unpaired) electrons. The topological polar surface area (TPSA) is 58.8 Å². The van der Waals surface area contributed by atoms with E-state index in [9.17, 15) is 4.79 Å². The van der Waals surface area contributed by atoms with Crippen LogP contribution in [0.5, 0.6) is 5.75 Å². The first-order valence-electron chi connectivity index (χ1n) is 9.96. The maximum absolute atomic E-state index is 13.4. The van der Waals surface area contributed by atoms with Gasteiger partial charge in [0.15, 0.2) is 0 Å². The normalized spacial score (nSPS) is 19.6. The number of ether oxygens (including phenoxy) is 1. The summed E-state index contributed by atoms with van der Waals surface area (Å²) in [6.45, 7) is 3.98. The number of hydrogen-bond acceptors (Lipinski definition) is 4. The van der Waals surface area contributed by atoms with Gasteiger partial charge in [0.2, 0.25) is 5.91 Å². The number of carbonyl (C=O) groups is 1. The summed E-state index contributed by atoms with van der Waals surface area (Å²) in [4.78, 5) is 17.4. The first-order chi connectivity index (χ1) is 13.5. The van der Waals surface area contributed by atoms with Gasteiger partial charge in [0.25, 0.3) is 0 Å². The molecule has 2 aromatic rings. The summed E-state index contributed by atoms with van der Waals surface area (Å²) in [6.07, 6.45) is 1.71. The summed E-state index contributed by atoms with van der Waals surface area (Å²) in [5, 5.41) is 0. The van der Waals surface area contributed by atoms with E-state index in [4.69, 9.17) is 10.5 Å². The standard InChI is InChI=1S/C23H31N3O2/c1-4-17-9-11-18(12-10-17)14-26(15-19-7-5-6-8-22(19)28-3)23(27)21-13-20(24)16-25(21)2/h5-12,20-21H,4,13-16,24H2,1-3H3/t20-,21-/m0/s1. The molecule has 5 nitrogen and oxygen atoms in total. The SMILES string of the molecule is CCc1ccc(CN(Cc2ccccc2OC)C(=O)[C@@H]2C[C@H](N)CN2C)cc1. The predicted molar refractivity (Wildman–Crippen MR) is 112 cm³/mol. The molecule has 2 N–H and O–H groups in total. The number of likely N-dealkylation sites (tertiary alicyclic amines) is 1. The van der Waals surface area contributed by atoms with Crippen molar-refractivity contribution in [2.45, 2.75) is 44.9 Å². The summed E-state index contributed by atoms with van der Waals surface area (Å²) in [7, 11) is 3.64. The Kier molecular flexibility index (Phi) is 6.70. The van der Waals surface area contributed by atoms with Crippen LogP contribution in [0, 0.1) is 0 Å². The van der Waals surface area contributed by atoms with Gasteiger partial charge in [0.05, 0.1) is 13.2 Å². The molecule has 1 fully saturated rings. The minimum Gasteiger partial charge on any atom is -0.496 e. The zero-order valence-corrected chi connectivity index (χ0v) is 17.1. The average Bonchev–Trinajstić information content (AvgIpc) is 3.05. The fourth-order valence-electron chi connectivity index (χ4n) is 3.89. The van der Waals surface area contributed by atoms with Crippen LogP contribution in [0.15, 0.2) is 48.5 Å². The van der Waals surface area contributed by atoms with Crippen LogP contribution in [0.25, 0.3) is 0 Å². The Morgan fingerprint density at radius 3 is 2.43 bits per heavy atom. The van der Waals surface area contributed by atoms with Gasteiger partial charge in [0, 0.05) is 31.2 Å². The first-order valence-corrected chi connectivity index (χ1v) is 9.96. The van der Waals surface area contributed by atoms with E-state index in [0.29, 0.717) is 19.5 Å². The van der Waals surface area contributed by atoms with Crippen molar-refractivity contribution >= 4 is 5.91 Å². The summed E-state index contributed by atoms with van der Waals surface area (Å²) in [5.41, 5.74) is 9.54. The van der Waals surface area contributed by atoms with Crippen molar-refractivity contribution in [2.24, 2.45) is 5.73 Å². The molecule has 1 saturated heterocycles. The van der Waals surface area contributed by atoms with E-state index >= 15 is 0 Å². The van der Waals surface area contributed by atoms with Gasteiger partial charge in [-0.25, -0.2) is 0 Å². The van der Waals surface area contributed by atoms with Crippen molar-refractivity contribution in [3.63, 3.8) is 0 Å². The van der Waals surface area contributed by atoms with E-state index in [-0.39, 0.29) is 18.0 Å². The Morgan fingerprint density at radius 1 is 1.14 bits per heavy atom. The number of likely N-dealkylation sites (N-methyl/N-ethyl adjacent to an activating group) is 1. The summed E-state index contributed by atoms with van der Waals surface area (Å²) in [6, 6.07) is 16.3.